The van der Waals surface area contributed by atoms with E-state index in [4.69, 9.17) is 4.74 Å². The highest BCUT2D eigenvalue weighted by Crippen LogP contribution is 2.17. The van der Waals surface area contributed by atoms with Crippen LogP contribution in [0.2, 0.25) is 0 Å². The monoisotopic (exact) mass is 265 g/mol. The number of Topliss-reactive ketones (excluding diaryl/α,β-unsaturated/α-hetero) is 1. The number of hydrogen-bond acceptors (Lipinski definition) is 3. The predicted molar refractivity (Wildman–Crippen MR) is 71.8 cm³/mol. The molecule has 0 aliphatic carbocycles. The Kier molecular flexibility index (Phi) is 4.32. The molecule has 1 aliphatic heterocycles. The van der Waals surface area contributed by atoms with Crippen LogP contribution in [0.25, 0.3) is 0 Å². The van der Waals surface area contributed by atoms with E-state index in [0.717, 1.165) is 13.1 Å². The average Bonchev–Trinajstić information content (AvgIpc) is 2.35. The van der Waals surface area contributed by atoms with Crippen LogP contribution in [-0.4, -0.2) is 42.5 Å². The van der Waals surface area contributed by atoms with Gasteiger partial charge in [-0.15, -0.1) is 0 Å². The second kappa shape index (κ2) is 5.80. The Bertz CT molecular complexity index is 459. The third kappa shape index (κ3) is 3.85. The first-order valence-electron chi connectivity index (χ1n) is 6.62. The molecule has 0 amide bonds. The Labute approximate surface area is 113 Å². The Morgan fingerprint density at radius 2 is 2.16 bits per heavy atom. The van der Waals surface area contributed by atoms with E-state index in [0.29, 0.717) is 19.6 Å². The summed E-state index contributed by atoms with van der Waals surface area (Å²) < 4.78 is 19.1. The minimum Gasteiger partial charge on any atom is -0.373 e. The first kappa shape index (κ1) is 14.2. The number of halogens is 1. The van der Waals surface area contributed by atoms with Crippen molar-refractivity contribution in [1.29, 1.82) is 0 Å². The molecule has 2 rings (SSSR count). The summed E-state index contributed by atoms with van der Waals surface area (Å²) in [6.07, 6.45) is 0.344. The normalized spacial score (nSPS) is 19.3. The van der Waals surface area contributed by atoms with Crippen molar-refractivity contribution in [1.82, 2.24) is 4.90 Å². The molecule has 0 saturated carbocycles. The Balaban J connectivity index is 1.89. The summed E-state index contributed by atoms with van der Waals surface area (Å²) in [5, 5.41) is 0. The largest absolute Gasteiger partial charge is 0.373 e. The quantitative estimate of drug-likeness (QED) is 0.783. The molecule has 0 radical (unpaired) electrons. The summed E-state index contributed by atoms with van der Waals surface area (Å²) in [6.45, 7) is 7.04. The number of carbonyl (C=O) groups excluding carboxylic acids is 1. The smallest absolute Gasteiger partial charge is 0.167 e. The third-order valence-electron chi connectivity index (χ3n) is 3.33. The van der Waals surface area contributed by atoms with Crippen LogP contribution < -0.4 is 0 Å². The van der Waals surface area contributed by atoms with Gasteiger partial charge in [-0.05, 0) is 26.0 Å². The number of carbonyl (C=O) groups is 1. The molecule has 1 aromatic rings. The molecule has 0 spiro atoms. The van der Waals surface area contributed by atoms with Gasteiger partial charge in [0.1, 0.15) is 5.82 Å². The van der Waals surface area contributed by atoms with Crippen LogP contribution in [-0.2, 0) is 4.74 Å². The van der Waals surface area contributed by atoms with Crippen LogP contribution in [0.1, 0.15) is 30.6 Å². The molecule has 1 aromatic carbocycles. The molecule has 0 bridgehead atoms. The van der Waals surface area contributed by atoms with Crippen molar-refractivity contribution in [3.05, 3.63) is 35.6 Å². The van der Waals surface area contributed by atoms with E-state index < -0.39 is 5.82 Å². The first-order chi connectivity index (χ1) is 8.98. The number of nitrogens with zero attached hydrogens (tertiary/aromatic N) is 1. The number of hydrogen-bond donors (Lipinski definition) is 0. The van der Waals surface area contributed by atoms with E-state index in [2.05, 4.69) is 4.90 Å². The molecule has 1 aliphatic rings. The van der Waals surface area contributed by atoms with Gasteiger partial charge in [-0.25, -0.2) is 4.39 Å². The fraction of sp³-hybridized carbons (Fsp3) is 0.533. The molecule has 104 valence electrons. The molecule has 1 fully saturated rings. The summed E-state index contributed by atoms with van der Waals surface area (Å²) in [6, 6.07) is 6.15. The van der Waals surface area contributed by atoms with Crippen LogP contribution in [0.3, 0.4) is 0 Å². The molecular weight excluding hydrogens is 245 g/mol. The van der Waals surface area contributed by atoms with Crippen molar-refractivity contribution in [2.24, 2.45) is 0 Å². The second-order valence-electron chi connectivity index (χ2n) is 5.54. The molecule has 0 unspecified atom stereocenters. The molecule has 0 atom stereocenters. The molecule has 19 heavy (non-hydrogen) atoms. The van der Waals surface area contributed by atoms with Crippen molar-refractivity contribution in [3.8, 4) is 0 Å². The highest BCUT2D eigenvalue weighted by Gasteiger charge is 2.27. The second-order valence-corrected chi connectivity index (χ2v) is 5.54. The highest BCUT2D eigenvalue weighted by molar-refractivity contribution is 5.96. The lowest BCUT2D eigenvalue weighted by Crippen LogP contribution is -2.48. The zero-order chi connectivity index (χ0) is 13.9. The number of ether oxygens (including phenoxy) is 1. The van der Waals surface area contributed by atoms with E-state index in [-0.39, 0.29) is 16.9 Å². The molecule has 0 N–H and O–H groups in total. The van der Waals surface area contributed by atoms with E-state index in [9.17, 15) is 9.18 Å². The lowest BCUT2D eigenvalue weighted by Gasteiger charge is -2.38. The average molecular weight is 265 g/mol. The summed E-state index contributed by atoms with van der Waals surface area (Å²) in [5.74, 6) is -0.572. The Morgan fingerprint density at radius 1 is 1.42 bits per heavy atom. The van der Waals surface area contributed by atoms with Crippen LogP contribution in [0.5, 0.6) is 0 Å². The minimum atomic E-state index is -0.435. The van der Waals surface area contributed by atoms with E-state index in [1.807, 2.05) is 13.8 Å². The maximum absolute atomic E-state index is 13.5. The topological polar surface area (TPSA) is 29.5 Å². The standard InChI is InChI=1S/C15H20FNO2/c1-15(2)11-17(9-10-19-15)8-7-14(18)12-5-3-4-6-13(12)16/h3-6H,7-11H2,1-2H3. The lowest BCUT2D eigenvalue weighted by molar-refractivity contribution is -0.0855. The predicted octanol–water partition coefficient (Wildman–Crippen LogP) is 2.51. The van der Waals surface area contributed by atoms with Gasteiger partial charge in [-0.1, -0.05) is 12.1 Å². The lowest BCUT2D eigenvalue weighted by atomic mass is 10.1. The maximum atomic E-state index is 13.5. The molecule has 1 saturated heterocycles. The highest BCUT2D eigenvalue weighted by atomic mass is 19.1. The van der Waals surface area contributed by atoms with E-state index in [1.54, 1.807) is 18.2 Å². The van der Waals surface area contributed by atoms with Crippen LogP contribution in [0.4, 0.5) is 4.39 Å². The van der Waals surface area contributed by atoms with Gasteiger partial charge < -0.3 is 4.74 Å². The molecule has 4 heteroatoms. The van der Waals surface area contributed by atoms with Gasteiger partial charge in [0, 0.05) is 26.1 Å². The fourth-order valence-electron chi connectivity index (χ4n) is 2.39. The van der Waals surface area contributed by atoms with E-state index in [1.165, 1.54) is 6.07 Å². The van der Waals surface area contributed by atoms with Crippen LogP contribution in [0.15, 0.2) is 24.3 Å². The van der Waals surface area contributed by atoms with Gasteiger partial charge in [0.05, 0.1) is 17.8 Å². The van der Waals surface area contributed by atoms with Gasteiger partial charge in [-0.2, -0.15) is 0 Å². The summed E-state index contributed by atoms with van der Waals surface area (Å²) in [5.41, 5.74) is 0.0225. The zero-order valence-electron chi connectivity index (χ0n) is 11.5. The van der Waals surface area contributed by atoms with Crippen LogP contribution >= 0.6 is 0 Å². The van der Waals surface area contributed by atoms with Crippen LogP contribution in [0, 0.1) is 5.82 Å². The Hall–Kier alpha value is -1.26. The van der Waals surface area contributed by atoms with Gasteiger partial charge in [-0.3, -0.25) is 9.69 Å². The fourth-order valence-corrected chi connectivity index (χ4v) is 2.39. The van der Waals surface area contributed by atoms with Crippen molar-refractivity contribution >= 4 is 5.78 Å². The van der Waals surface area contributed by atoms with Gasteiger partial charge in [0.15, 0.2) is 5.78 Å². The third-order valence-corrected chi connectivity index (χ3v) is 3.33. The first-order valence-corrected chi connectivity index (χ1v) is 6.62. The number of morpholine rings is 1. The number of benzene rings is 1. The number of rotatable bonds is 4. The van der Waals surface area contributed by atoms with Gasteiger partial charge in [0.25, 0.3) is 0 Å². The SMILES string of the molecule is CC1(C)CN(CCC(=O)c2ccccc2F)CCO1. The van der Waals surface area contributed by atoms with Crippen molar-refractivity contribution in [2.45, 2.75) is 25.9 Å². The van der Waals surface area contributed by atoms with E-state index >= 15 is 0 Å². The zero-order valence-corrected chi connectivity index (χ0v) is 11.5. The number of ketones is 1. The van der Waals surface area contributed by atoms with Crippen molar-refractivity contribution in [3.63, 3.8) is 0 Å². The van der Waals surface area contributed by atoms with Gasteiger partial charge in [0.2, 0.25) is 0 Å². The summed E-state index contributed by atoms with van der Waals surface area (Å²) >= 11 is 0. The molecule has 0 aromatic heterocycles. The minimum absolute atomic E-state index is 0.137. The maximum Gasteiger partial charge on any atom is 0.167 e. The molecule has 3 nitrogen and oxygen atoms in total. The molecular formula is C15H20FNO2. The molecule has 1 heterocycles. The van der Waals surface area contributed by atoms with Crippen molar-refractivity contribution < 1.29 is 13.9 Å². The van der Waals surface area contributed by atoms with Gasteiger partial charge >= 0.3 is 0 Å². The van der Waals surface area contributed by atoms with Crippen molar-refractivity contribution in [2.75, 3.05) is 26.2 Å². The summed E-state index contributed by atoms with van der Waals surface area (Å²) in [7, 11) is 0. The summed E-state index contributed by atoms with van der Waals surface area (Å²) in [4.78, 5) is 14.2. The Morgan fingerprint density at radius 3 is 2.84 bits per heavy atom.